The van der Waals surface area contributed by atoms with Crippen molar-refractivity contribution >= 4 is 11.8 Å². The van der Waals surface area contributed by atoms with E-state index in [-0.39, 0.29) is 0 Å². The minimum absolute atomic E-state index is 0.598. The predicted octanol–water partition coefficient (Wildman–Crippen LogP) is 2.34. The van der Waals surface area contributed by atoms with Crippen molar-refractivity contribution in [2.45, 2.75) is 37.4 Å². The van der Waals surface area contributed by atoms with Crippen molar-refractivity contribution in [1.82, 2.24) is 5.73 Å². The third kappa shape index (κ3) is 2.93. The molecule has 0 saturated heterocycles. The molecule has 1 rings (SSSR count). The van der Waals surface area contributed by atoms with Gasteiger partial charge in [-0.25, -0.2) is 0 Å². The lowest BCUT2D eigenvalue weighted by atomic mass is 10.0. The van der Waals surface area contributed by atoms with Gasteiger partial charge in [-0.15, -0.1) is 0 Å². The van der Waals surface area contributed by atoms with Gasteiger partial charge in [0, 0.05) is 17.5 Å². The van der Waals surface area contributed by atoms with E-state index in [0.717, 1.165) is 11.0 Å². The largest absolute Gasteiger partial charge is 0.257 e. The van der Waals surface area contributed by atoms with E-state index in [9.17, 15) is 0 Å². The standard InChI is InChI=1S/C8H16NS/c9-6-7-10-8-4-2-1-3-5-8/h8-9H,1-7H2. The Balaban J connectivity index is 2.02. The van der Waals surface area contributed by atoms with Crippen molar-refractivity contribution in [3.63, 3.8) is 0 Å². The van der Waals surface area contributed by atoms with E-state index in [1.807, 2.05) is 11.8 Å². The highest BCUT2D eigenvalue weighted by molar-refractivity contribution is 7.99. The molecule has 0 spiro atoms. The first-order valence-corrected chi connectivity index (χ1v) is 5.24. The Bertz CT molecular complexity index is 79.3. The van der Waals surface area contributed by atoms with Gasteiger partial charge in [0.25, 0.3) is 0 Å². The molecule has 1 fully saturated rings. The van der Waals surface area contributed by atoms with E-state index in [1.165, 1.54) is 32.1 Å². The Kier molecular flexibility index (Phi) is 4.23. The summed E-state index contributed by atoms with van der Waals surface area (Å²) in [4.78, 5) is 0. The zero-order valence-corrected chi connectivity index (χ0v) is 7.25. The van der Waals surface area contributed by atoms with Gasteiger partial charge in [-0.1, -0.05) is 19.3 Å². The average Bonchev–Trinajstić information content (AvgIpc) is 2.03. The molecule has 1 aliphatic carbocycles. The second kappa shape index (κ2) is 5.03. The number of thioether (sulfide) groups is 1. The van der Waals surface area contributed by atoms with Gasteiger partial charge < -0.3 is 0 Å². The summed E-state index contributed by atoms with van der Waals surface area (Å²) in [5, 5.41) is 0.902. The van der Waals surface area contributed by atoms with Crippen LogP contribution in [0.4, 0.5) is 0 Å². The fourth-order valence-corrected chi connectivity index (χ4v) is 2.58. The Morgan fingerprint density at radius 1 is 1.20 bits per heavy atom. The van der Waals surface area contributed by atoms with Gasteiger partial charge in [0.15, 0.2) is 0 Å². The van der Waals surface area contributed by atoms with Crippen molar-refractivity contribution in [2.24, 2.45) is 0 Å². The molecule has 2 heteroatoms. The second-order valence-electron chi connectivity index (χ2n) is 2.88. The summed E-state index contributed by atoms with van der Waals surface area (Å²) in [7, 11) is 0. The van der Waals surface area contributed by atoms with Crippen LogP contribution in [0.15, 0.2) is 0 Å². The lowest BCUT2D eigenvalue weighted by molar-refractivity contribution is 0.516. The second-order valence-corrected chi connectivity index (χ2v) is 4.29. The molecular weight excluding hydrogens is 142 g/mol. The topological polar surface area (TPSA) is 23.8 Å². The van der Waals surface area contributed by atoms with Gasteiger partial charge in [-0.2, -0.15) is 11.8 Å². The molecule has 0 unspecified atom stereocenters. The van der Waals surface area contributed by atoms with E-state index >= 15 is 0 Å². The summed E-state index contributed by atoms with van der Waals surface area (Å²) in [6.45, 7) is 0.598. The predicted molar refractivity (Wildman–Crippen MR) is 47.3 cm³/mol. The molecule has 1 nitrogen and oxygen atoms in total. The van der Waals surface area contributed by atoms with Crippen molar-refractivity contribution in [2.75, 3.05) is 12.3 Å². The zero-order valence-electron chi connectivity index (χ0n) is 6.44. The molecule has 1 saturated carbocycles. The van der Waals surface area contributed by atoms with E-state index in [0.29, 0.717) is 6.54 Å². The van der Waals surface area contributed by atoms with Crippen LogP contribution in [-0.2, 0) is 0 Å². The van der Waals surface area contributed by atoms with Crippen LogP contribution in [0.25, 0.3) is 0 Å². The highest BCUT2D eigenvalue weighted by Gasteiger charge is 2.12. The summed E-state index contributed by atoms with van der Waals surface area (Å²) in [5.74, 6) is 1.05. The first-order valence-electron chi connectivity index (χ1n) is 4.19. The minimum atomic E-state index is 0.598. The minimum Gasteiger partial charge on any atom is -0.257 e. The van der Waals surface area contributed by atoms with Crippen LogP contribution in [0.5, 0.6) is 0 Å². The molecule has 0 aliphatic heterocycles. The normalized spacial score (nSPS) is 21.3. The van der Waals surface area contributed by atoms with E-state index < -0.39 is 0 Å². The number of hydrogen-bond acceptors (Lipinski definition) is 1. The fraction of sp³-hybridized carbons (Fsp3) is 1.00. The number of rotatable bonds is 3. The van der Waals surface area contributed by atoms with E-state index in [4.69, 9.17) is 5.73 Å². The molecule has 10 heavy (non-hydrogen) atoms. The zero-order chi connectivity index (χ0) is 7.23. The Labute approximate surface area is 67.8 Å². The number of nitrogens with one attached hydrogen (secondary N) is 1. The lowest BCUT2D eigenvalue weighted by Gasteiger charge is -2.20. The third-order valence-electron chi connectivity index (χ3n) is 2.01. The quantitative estimate of drug-likeness (QED) is 0.618. The van der Waals surface area contributed by atoms with Gasteiger partial charge in [0.2, 0.25) is 0 Å². The maximum Gasteiger partial charge on any atom is 0.0191 e. The SMILES string of the molecule is [NH]CCSC1CCCCC1. The van der Waals surface area contributed by atoms with Crippen LogP contribution in [0.2, 0.25) is 0 Å². The lowest BCUT2D eigenvalue weighted by Crippen LogP contribution is -2.09. The van der Waals surface area contributed by atoms with Gasteiger partial charge >= 0.3 is 0 Å². The Hall–Kier alpha value is 0.310. The van der Waals surface area contributed by atoms with Gasteiger partial charge in [-0.3, -0.25) is 5.73 Å². The van der Waals surface area contributed by atoms with Crippen LogP contribution in [0.1, 0.15) is 32.1 Å². The van der Waals surface area contributed by atoms with Crippen LogP contribution in [-0.4, -0.2) is 17.5 Å². The van der Waals surface area contributed by atoms with Gasteiger partial charge in [0.05, 0.1) is 0 Å². The van der Waals surface area contributed by atoms with Crippen LogP contribution in [0, 0.1) is 0 Å². The molecule has 0 heterocycles. The molecule has 1 N–H and O–H groups in total. The van der Waals surface area contributed by atoms with Crippen molar-refractivity contribution < 1.29 is 0 Å². The van der Waals surface area contributed by atoms with Gasteiger partial charge in [0.1, 0.15) is 0 Å². The van der Waals surface area contributed by atoms with Gasteiger partial charge in [-0.05, 0) is 12.8 Å². The molecular formula is C8H16NS. The molecule has 1 aliphatic rings. The monoisotopic (exact) mass is 158 g/mol. The first kappa shape index (κ1) is 8.41. The average molecular weight is 158 g/mol. The first-order chi connectivity index (χ1) is 4.93. The molecule has 0 aromatic carbocycles. The van der Waals surface area contributed by atoms with Crippen LogP contribution < -0.4 is 5.73 Å². The number of hydrogen-bond donors (Lipinski definition) is 0. The van der Waals surface area contributed by atoms with Crippen molar-refractivity contribution in [1.29, 1.82) is 0 Å². The van der Waals surface area contributed by atoms with Crippen molar-refractivity contribution in [3.05, 3.63) is 0 Å². The molecule has 0 atom stereocenters. The smallest absolute Gasteiger partial charge is 0.0191 e. The maximum absolute atomic E-state index is 7.00. The molecule has 0 aromatic rings. The highest BCUT2D eigenvalue weighted by Crippen LogP contribution is 2.27. The summed E-state index contributed by atoms with van der Waals surface area (Å²) >= 11 is 2.01. The van der Waals surface area contributed by atoms with E-state index in [1.54, 1.807) is 0 Å². The summed E-state index contributed by atoms with van der Waals surface area (Å²) < 4.78 is 0. The summed E-state index contributed by atoms with van der Waals surface area (Å²) in [5.41, 5.74) is 7.00. The molecule has 0 amide bonds. The summed E-state index contributed by atoms with van der Waals surface area (Å²) in [6.07, 6.45) is 7.11. The van der Waals surface area contributed by atoms with Crippen LogP contribution >= 0.6 is 11.8 Å². The summed E-state index contributed by atoms with van der Waals surface area (Å²) in [6, 6.07) is 0. The molecule has 59 valence electrons. The van der Waals surface area contributed by atoms with E-state index in [2.05, 4.69) is 0 Å². The fourth-order valence-electron chi connectivity index (χ4n) is 1.46. The van der Waals surface area contributed by atoms with Crippen molar-refractivity contribution in [3.8, 4) is 0 Å². The Morgan fingerprint density at radius 3 is 2.50 bits per heavy atom. The maximum atomic E-state index is 7.00. The molecule has 0 bridgehead atoms. The molecule has 1 radical (unpaired) electrons. The molecule has 0 aromatic heterocycles. The van der Waals surface area contributed by atoms with Crippen LogP contribution in [0.3, 0.4) is 0 Å². The third-order valence-corrected chi connectivity index (χ3v) is 3.39. The Morgan fingerprint density at radius 2 is 1.90 bits per heavy atom. The highest BCUT2D eigenvalue weighted by atomic mass is 32.2.